The Labute approximate surface area is 115 Å². The van der Waals surface area contributed by atoms with Gasteiger partial charge in [-0.15, -0.1) is 11.3 Å². The van der Waals surface area contributed by atoms with Gasteiger partial charge in [0.1, 0.15) is 0 Å². The van der Waals surface area contributed by atoms with Crippen LogP contribution in [-0.4, -0.2) is 0 Å². The quantitative estimate of drug-likeness (QED) is 0.895. The largest absolute Gasteiger partial charge is 0.323 e. The zero-order chi connectivity index (χ0) is 12.4. The van der Waals surface area contributed by atoms with Gasteiger partial charge in [0.25, 0.3) is 0 Å². The third-order valence-electron chi connectivity index (χ3n) is 2.93. The monoisotopic (exact) mass is 309 g/mol. The number of hydrogen-bond donors (Lipinski definition) is 1. The fourth-order valence-corrected chi connectivity index (χ4v) is 3.59. The first-order valence-corrected chi connectivity index (χ1v) is 7.30. The number of thiophene rings is 1. The molecular formula is C14H16BrNS. The van der Waals surface area contributed by atoms with E-state index in [0.29, 0.717) is 0 Å². The summed E-state index contributed by atoms with van der Waals surface area (Å²) in [7, 11) is 0. The SMILES string of the molecule is Cc1ccc(C)c(CC(N)c2sccc2Br)c1. The molecule has 0 aliphatic heterocycles. The maximum Gasteiger partial charge on any atom is 0.0442 e. The molecule has 1 aromatic heterocycles. The van der Waals surface area contributed by atoms with Crippen molar-refractivity contribution >= 4 is 27.3 Å². The summed E-state index contributed by atoms with van der Waals surface area (Å²) < 4.78 is 1.13. The minimum Gasteiger partial charge on any atom is -0.323 e. The molecule has 1 unspecified atom stereocenters. The van der Waals surface area contributed by atoms with Crippen LogP contribution in [0.15, 0.2) is 34.1 Å². The molecule has 0 fully saturated rings. The summed E-state index contributed by atoms with van der Waals surface area (Å²) in [6.07, 6.45) is 0.895. The summed E-state index contributed by atoms with van der Waals surface area (Å²) in [5.74, 6) is 0. The van der Waals surface area contributed by atoms with E-state index in [1.165, 1.54) is 21.6 Å². The summed E-state index contributed by atoms with van der Waals surface area (Å²) in [5, 5.41) is 2.07. The Hall–Kier alpha value is -0.640. The third-order valence-corrected chi connectivity index (χ3v) is 4.93. The molecule has 0 bridgehead atoms. The molecule has 2 rings (SSSR count). The van der Waals surface area contributed by atoms with E-state index in [9.17, 15) is 0 Å². The number of rotatable bonds is 3. The summed E-state index contributed by atoms with van der Waals surface area (Å²) >= 11 is 5.26. The standard InChI is InChI=1S/C14H16BrNS/c1-9-3-4-10(2)11(7-9)8-13(16)14-12(15)5-6-17-14/h3-7,13H,8,16H2,1-2H3. The van der Waals surface area contributed by atoms with E-state index in [4.69, 9.17) is 5.73 Å². The molecule has 0 saturated carbocycles. The lowest BCUT2D eigenvalue weighted by Gasteiger charge is -2.13. The molecule has 0 saturated heterocycles. The minimum absolute atomic E-state index is 0.0740. The van der Waals surface area contributed by atoms with Crippen LogP contribution in [0, 0.1) is 13.8 Å². The lowest BCUT2D eigenvalue weighted by molar-refractivity contribution is 0.730. The van der Waals surface area contributed by atoms with E-state index >= 15 is 0 Å². The van der Waals surface area contributed by atoms with E-state index < -0.39 is 0 Å². The molecule has 2 aromatic rings. The molecule has 1 atom stereocenters. The Morgan fingerprint density at radius 3 is 2.71 bits per heavy atom. The van der Waals surface area contributed by atoms with Crippen molar-refractivity contribution in [2.75, 3.05) is 0 Å². The van der Waals surface area contributed by atoms with Crippen molar-refractivity contribution in [3.05, 3.63) is 55.7 Å². The van der Waals surface area contributed by atoms with Gasteiger partial charge >= 0.3 is 0 Å². The van der Waals surface area contributed by atoms with Crippen LogP contribution in [0.3, 0.4) is 0 Å². The average molecular weight is 310 g/mol. The van der Waals surface area contributed by atoms with Crippen molar-refractivity contribution in [2.45, 2.75) is 26.3 Å². The molecule has 2 N–H and O–H groups in total. The van der Waals surface area contributed by atoms with Crippen molar-refractivity contribution in [2.24, 2.45) is 5.73 Å². The second-order valence-corrected chi connectivity index (χ2v) is 6.18. The highest BCUT2D eigenvalue weighted by Crippen LogP contribution is 2.30. The maximum absolute atomic E-state index is 6.27. The summed E-state index contributed by atoms with van der Waals surface area (Å²) in [6.45, 7) is 4.26. The fourth-order valence-electron chi connectivity index (χ4n) is 1.92. The molecular weight excluding hydrogens is 294 g/mol. The zero-order valence-electron chi connectivity index (χ0n) is 10.0. The van der Waals surface area contributed by atoms with Gasteiger partial charge in [-0.25, -0.2) is 0 Å². The van der Waals surface area contributed by atoms with E-state index in [2.05, 4.69) is 59.4 Å². The Balaban J connectivity index is 2.21. The first-order valence-electron chi connectivity index (χ1n) is 5.62. The Kier molecular flexibility index (Phi) is 4.02. The van der Waals surface area contributed by atoms with Crippen LogP contribution in [0.2, 0.25) is 0 Å². The summed E-state index contributed by atoms with van der Waals surface area (Å²) in [6, 6.07) is 8.68. The second-order valence-electron chi connectivity index (χ2n) is 4.37. The van der Waals surface area contributed by atoms with Crippen molar-refractivity contribution < 1.29 is 0 Å². The Morgan fingerprint density at radius 2 is 2.06 bits per heavy atom. The summed E-state index contributed by atoms with van der Waals surface area (Å²) in [4.78, 5) is 1.23. The second kappa shape index (κ2) is 5.34. The van der Waals surface area contributed by atoms with Gasteiger partial charge in [-0.1, -0.05) is 23.8 Å². The van der Waals surface area contributed by atoms with E-state index in [0.717, 1.165) is 10.9 Å². The Morgan fingerprint density at radius 1 is 1.29 bits per heavy atom. The van der Waals surface area contributed by atoms with E-state index in [-0.39, 0.29) is 6.04 Å². The van der Waals surface area contributed by atoms with Crippen molar-refractivity contribution in [3.63, 3.8) is 0 Å². The number of nitrogens with two attached hydrogens (primary N) is 1. The fraction of sp³-hybridized carbons (Fsp3) is 0.286. The highest BCUT2D eigenvalue weighted by molar-refractivity contribution is 9.10. The topological polar surface area (TPSA) is 26.0 Å². The maximum atomic E-state index is 6.27. The highest BCUT2D eigenvalue weighted by Gasteiger charge is 2.13. The first kappa shape index (κ1) is 12.8. The van der Waals surface area contributed by atoms with Crippen LogP contribution in [0.1, 0.15) is 27.6 Å². The number of benzene rings is 1. The van der Waals surface area contributed by atoms with Gasteiger partial charge in [-0.05, 0) is 58.8 Å². The van der Waals surface area contributed by atoms with Crippen LogP contribution >= 0.6 is 27.3 Å². The van der Waals surface area contributed by atoms with Gasteiger partial charge in [0, 0.05) is 15.4 Å². The van der Waals surface area contributed by atoms with Crippen LogP contribution in [0.5, 0.6) is 0 Å². The first-order chi connectivity index (χ1) is 8.08. The molecule has 1 heterocycles. The Bertz CT molecular complexity index is 519. The molecule has 3 heteroatoms. The van der Waals surface area contributed by atoms with Crippen molar-refractivity contribution in [3.8, 4) is 0 Å². The predicted molar refractivity (Wildman–Crippen MR) is 78.6 cm³/mol. The smallest absolute Gasteiger partial charge is 0.0442 e. The predicted octanol–water partition coefficient (Wildman–Crippen LogP) is 4.37. The molecule has 0 radical (unpaired) electrons. The van der Waals surface area contributed by atoms with Crippen LogP contribution < -0.4 is 5.73 Å². The van der Waals surface area contributed by atoms with Crippen molar-refractivity contribution in [1.29, 1.82) is 0 Å². The van der Waals surface area contributed by atoms with Gasteiger partial charge in [0.05, 0.1) is 0 Å². The van der Waals surface area contributed by atoms with Crippen LogP contribution in [0.4, 0.5) is 0 Å². The van der Waals surface area contributed by atoms with Gasteiger partial charge in [0.2, 0.25) is 0 Å². The molecule has 17 heavy (non-hydrogen) atoms. The van der Waals surface area contributed by atoms with Gasteiger partial charge < -0.3 is 5.73 Å². The lowest BCUT2D eigenvalue weighted by atomic mass is 9.99. The molecule has 0 aliphatic rings. The van der Waals surface area contributed by atoms with Gasteiger partial charge in [0.15, 0.2) is 0 Å². The highest BCUT2D eigenvalue weighted by atomic mass is 79.9. The molecule has 0 spiro atoms. The summed E-state index contributed by atoms with van der Waals surface area (Å²) in [5.41, 5.74) is 10.2. The molecule has 90 valence electrons. The van der Waals surface area contributed by atoms with E-state index in [1.54, 1.807) is 11.3 Å². The van der Waals surface area contributed by atoms with Crippen molar-refractivity contribution in [1.82, 2.24) is 0 Å². The number of aryl methyl sites for hydroxylation is 2. The van der Waals surface area contributed by atoms with Crippen LogP contribution in [0.25, 0.3) is 0 Å². The van der Waals surface area contributed by atoms with E-state index in [1.807, 2.05) is 0 Å². The normalized spacial score (nSPS) is 12.7. The van der Waals surface area contributed by atoms with Gasteiger partial charge in [-0.3, -0.25) is 0 Å². The molecule has 0 aliphatic carbocycles. The minimum atomic E-state index is 0.0740. The number of hydrogen-bond acceptors (Lipinski definition) is 2. The molecule has 1 aromatic carbocycles. The average Bonchev–Trinajstić information content (AvgIpc) is 2.70. The third kappa shape index (κ3) is 2.97. The number of halogens is 1. The molecule has 0 amide bonds. The van der Waals surface area contributed by atoms with Gasteiger partial charge in [-0.2, -0.15) is 0 Å². The van der Waals surface area contributed by atoms with Crippen LogP contribution in [-0.2, 0) is 6.42 Å². The lowest BCUT2D eigenvalue weighted by Crippen LogP contribution is -2.13. The zero-order valence-corrected chi connectivity index (χ0v) is 12.4. The molecule has 1 nitrogen and oxygen atoms in total.